The van der Waals surface area contributed by atoms with Gasteiger partial charge in [-0.05, 0) is 12.8 Å². The quantitative estimate of drug-likeness (QED) is 0.0681. The molecule has 0 aromatic rings. The normalized spacial score (nSPS) is 10.9. The molecule has 0 unspecified atom stereocenters. The van der Waals surface area contributed by atoms with E-state index in [1.54, 1.807) is 0 Å². The number of unbranched alkanes of at least 4 members (excludes halogenated alkanes) is 28. The van der Waals surface area contributed by atoms with E-state index in [2.05, 4.69) is 20.4 Å². The predicted octanol–water partition coefficient (Wildman–Crippen LogP) is 13.4. The Hall–Kier alpha value is -0.500. The molecule has 0 heterocycles. The molecular weight excluding hydrogens is 464 g/mol. The van der Waals surface area contributed by atoms with E-state index in [1.165, 1.54) is 193 Å². The first kappa shape index (κ1) is 39.6. The molecule has 230 valence electrons. The molecule has 0 saturated carbocycles. The SMILES string of the molecule is C=CO.CCCCCCCCCCCCCCCCCCOCCCCCCCCCCCCCCCC. The van der Waals surface area contributed by atoms with Crippen LogP contribution in [0, 0.1) is 0 Å². The summed E-state index contributed by atoms with van der Waals surface area (Å²) in [6, 6.07) is 0. The smallest absolute Gasteiger partial charge is 0.0719 e. The van der Waals surface area contributed by atoms with Crippen LogP contribution in [0.1, 0.15) is 206 Å². The van der Waals surface area contributed by atoms with E-state index in [0.717, 1.165) is 19.5 Å². The van der Waals surface area contributed by atoms with Crippen LogP contribution in [0.3, 0.4) is 0 Å². The van der Waals surface area contributed by atoms with Crippen LogP contribution in [-0.4, -0.2) is 18.3 Å². The van der Waals surface area contributed by atoms with E-state index >= 15 is 0 Å². The number of hydrogen-bond acceptors (Lipinski definition) is 2. The first-order valence-corrected chi connectivity index (χ1v) is 17.7. The fourth-order valence-corrected chi connectivity index (χ4v) is 5.25. The largest absolute Gasteiger partial charge is 0.516 e. The third-order valence-electron chi connectivity index (χ3n) is 7.78. The maximum atomic E-state index is 7.33. The summed E-state index contributed by atoms with van der Waals surface area (Å²) >= 11 is 0. The van der Waals surface area contributed by atoms with Gasteiger partial charge in [-0.25, -0.2) is 0 Å². The highest BCUT2D eigenvalue weighted by molar-refractivity contribution is 4.51. The topological polar surface area (TPSA) is 29.5 Å². The molecule has 0 spiro atoms. The molecule has 0 atom stereocenters. The number of aliphatic hydroxyl groups excluding tert-OH is 1. The summed E-state index contributed by atoms with van der Waals surface area (Å²) in [6.07, 6.45) is 43.8. The third-order valence-corrected chi connectivity index (χ3v) is 7.78. The molecule has 1 N–H and O–H groups in total. The minimum atomic E-state index is 0.750. The summed E-state index contributed by atoms with van der Waals surface area (Å²) in [5, 5.41) is 7.33. The van der Waals surface area contributed by atoms with Gasteiger partial charge in [-0.3, -0.25) is 0 Å². The van der Waals surface area contributed by atoms with Gasteiger partial charge in [0.15, 0.2) is 0 Å². The van der Waals surface area contributed by atoms with Crippen molar-refractivity contribution >= 4 is 0 Å². The molecule has 2 nitrogen and oxygen atoms in total. The second-order valence-corrected chi connectivity index (χ2v) is 11.7. The molecule has 38 heavy (non-hydrogen) atoms. The van der Waals surface area contributed by atoms with Gasteiger partial charge in [-0.2, -0.15) is 0 Å². The molecule has 0 aromatic carbocycles. The lowest BCUT2D eigenvalue weighted by molar-refractivity contribution is 0.125. The van der Waals surface area contributed by atoms with Crippen molar-refractivity contribution in [1.29, 1.82) is 0 Å². The minimum Gasteiger partial charge on any atom is -0.516 e. The first-order valence-electron chi connectivity index (χ1n) is 17.7. The van der Waals surface area contributed by atoms with Crippen LogP contribution in [0.2, 0.25) is 0 Å². The molecule has 0 aliphatic heterocycles. The Kier molecular flexibility index (Phi) is 42.8. The molecule has 0 amide bonds. The molecule has 0 aliphatic carbocycles. The van der Waals surface area contributed by atoms with Crippen molar-refractivity contribution in [2.45, 2.75) is 206 Å². The number of hydrogen-bond donors (Lipinski definition) is 1. The van der Waals surface area contributed by atoms with Gasteiger partial charge in [-0.15, -0.1) is 0 Å². The number of rotatable bonds is 32. The van der Waals surface area contributed by atoms with Gasteiger partial charge in [0.25, 0.3) is 0 Å². The Morgan fingerprint density at radius 1 is 0.368 bits per heavy atom. The molecular formula is C36H74O2. The summed E-state index contributed by atoms with van der Waals surface area (Å²) < 4.78 is 5.86. The predicted molar refractivity (Wildman–Crippen MR) is 174 cm³/mol. The lowest BCUT2D eigenvalue weighted by atomic mass is 10.0. The average Bonchev–Trinajstić information content (AvgIpc) is 2.92. The summed E-state index contributed by atoms with van der Waals surface area (Å²) in [7, 11) is 0. The minimum absolute atomic E-state index is 0.750. The van der Waals surface area contributed by atoms with Gasteiger partial charge in [0, 0.05) is 13.2 Å². The molecule has 0 fully saturated rings. The van der Waals surface area contributed by atoms with Gasteiger partial charge in [0.2, 0.25) is 0 Å². The zero-order valence-electron chi connectivity index (χ0n) is 26.8. The van der Waals surface area contributed by atoms with Crippen molar-refractivity contribution in [3.8, 4) is 0 Å². The summed E-state index contributed by atoms with van der Waals surface area (Å²) in [6.45, 7) is 9.51. The zero-order chi connectivity index (χ0) is 28.0. The molecule has 0 aromatic heterocycles. The molecule has 0 radical (unpaired) electrons. The van der Waals surface area contributed by atoms with E-state index in [-0.39, 0.29) is 0 Å². The maximum Gasteiger partial charge on any atom is 0.0719 e. The Labute approximate surface area is 242 Å². The Bertz CT molecular complexity index is 350. The van der Waals surface area contributed by atoms with Crippen molar-refractivity contribution in [2.24, 2.45) is 0 Å². The lowest BCUT2D eigenvalue weighted by Crippen LogP contribution is -1.97. The molecule has 0 bridgehead atoms. The highest BCUT2D eigenvalue weighted by Crippen LogP contribution is 2.15. The van der Waals surface area contributed by atoms with Crippen LogP contribution in [0.5, 0.6) is 0 Å². The number of ether oxygens (including phenoxy) is 1. The van der Waals surface area contributed by atoms with Gasteiger partial charge < -0.3 is 9.84 Å². The zero-order valence-corrected chi connectivity index (χ0v) is 26.8. The maximum absolute atomic E-state index is 7.33. The standard InChI is InChI=1S/C34H70O.C2H4O/c1-3-5-7-9-11-13-15-17-19-20-22-24-26-28-30-32-34-35-33-31-29-27-25-23-21-18-16-14-12-10-8-6-4-2;1-2-3/h3-34H2,1-2H3;2-3H,1H2. The summed E-state index contributed by atoms with van der Waals surface area (Å²) in [5.41, 5.74) is 0. The monoisotopic (exact) mass is 539 g/mol. The molecule has 0 aliphatic rings. The van der Waals surface area contributed by atoms with E-state index in [1.807, 2.05) is 0 Å². The van der Waals surface area contributed by atoms with Gasteiger partial charge in [0.1, 0.15) is 0 Å². The first-order chi connectivity index (χ1) is 18.8. The van der Waals surface area contributed by atoms with Gasteiger partial charge in [0.05, 0.1) is 6.26 Å². The molecule has 0 rings (SSSR count). The number of aliphatic hydroxyl groups is 1. The highest BCUT2D eigenvalue weighted by atomic mass is 16.5. The fourth-order valence-electron chi connectivity index (χ4n) is 5.25. The molecule has 0 saturated heterocycles. The lowest BCUT2D eigenvalue weighted by Gasteiger charge is -2.05. The van der Waals surface area contributed by atoms with Gasteiger partial charge >= 0.3 is 0 Å². The van der Waals surface area contributed by atoms with E-state index in [9.17, 15) is 0 Å². The van der Waals surface area contributed by atoms with E-state index in [0.29, 0.717) is 0 Å². The third kappa shape index (κ3) is 42.6. The van der Waals surface area contributed by atoms with Gasteiger partial charge in [-0.1, -0.05) is 200 Å². The van der Waals surface area contributed by atoms with Crippen LogP contribution < -0.4 is 0 Å². The second kappa shape index (κ2) is 41.0. The van der Waals surface area contributed by atoms with Crippen LogP contribution in [0.4, 0.5) is 0 Å². The Morgan fingerprint density at radius 2 is 0.526 bits per heavy atom. The average molecular weight is 539 g/mol. The second-order valence-electron chi connectivity index (χ2n) is 11.7. The van der Waals surface area contributed by atoms with Crippen molar-refractivity contribution in [2.75, 3.05) is 13.2 Å². The highest BCUT2D eigenvalue weighted by Gasteiger charge is 1.97. The Balaban J connectivity index is 0. The van der Waals surface area contributed by atoms with Crippen molar-refractivity contribution in [3.05, 3.63) is 12.8 Å². The Morgan fingerprint density at radius 3 is 0.711 bits per heavy atom. The van der Waals surface area contributed by atoms with Crippen molar-refractivity contribution in [3.63, 3.8) is 0 Å². The molecule has 2 heteroatoms. The van der Waals surface area contributed by atoms with Crippen LogP contribution in [0.15, 0.2) is 12.8 Å². The van der Waals surface area contributed by atoms with Crippen LogP contribution >= 0.6 is 0 Å². The van der Waals surface area contributed by atoms with Crippen molar-refractivity contribution in [1.82, 2.24) is 0 Å². The summed E-state index contributed by atoms with van der Waals surface area (Å²) in [5.74, 6) is 0. The van der Waals surface area contributed by atoms with Crippen molar-refractivity contribution < 1.29 is 9.84 Å². The van der Waals surface area contributed by atoms with E-state index in [4.69, 9.17) is 9.84 Å². The van der Waals surface area contributed by atoms with Crippen LogP contribution in [-0.2, 0) is 4.74 Å². The summed E-state index contributed by atoms with van der Waals surface area (Å²) in [4.78, 5) is 0. The van der Waals surface area contributed by atoms with E-state index < -0.39 is 0 Å². The van der Waals surface area contributed by atoms with Crippen LogP contribution in [0.25, 0.3) is 0 Å². The fraction of sp³-hybridized carbons (Fsp3) is 0.944.